The normalized spacial score (nSPS) is 14.3. The summed E-state index contributed by atoms with van der Waals surface area (Å²) in [5.74, 6) is 0.0183. The summed E-state index contributed by atoms with van der Waals surface area (Å²) >= 11 is 0. The minimum absolute atomic E-state index is 0.100. The molecule has 1 aliphatic heterocycles. The number of hydrogen-bond acceptors (Lipinski definition) is 7. The zero-order valence-corrected chi connectivity index (χ0v) is 16.6. The molecular formula is C21H17F3N4O4. The number of aromatic nitrogens is 1. The van der Waals surface area contributed by atoms with Crippen LogP contribution in [0.5, 0.6) is 5.75 Å². The van der Waals surface area contributed by atoms with Gasteiger partial charge >= 0.3 is 6.18 Å². The summed E-state index contributed by atoms with van der Waals surface area (Å²) in [6, 6.07) is 10.1. The van der Waals surface area contributed by atoms with Gasteiger partial charge in [-0.05, 0) is 24.3 Å². The van der Waals surface area contributed by atoms with Crippen LogP contribution in [0.3, 0.4) is 0 Å². The minimum Gasteiger partial charge on any atom is -0.483 e. The number of amides is 1. The average molecular weight is 446 g/mol. The zero-order chi connectivity index (χ0) is 22.7. The van der Waals surface area contributed by atoms with Gasteiger partial charge in [-0.2, -0.15) is 23.4 Å². The Morgan fingerprint density at radius 2 is 1.91 bits per heavy atom. The van der Waals surface area contributed by atoms with E-state index >= 15 is 0 Å². The van der Waals surface area contributed by atoms with Gasteiger partial charge in [-0.1, -0.05) is 12.1 Å². The van der Waals surface area contributed by atoms with Gasteiger partial charge < -0.3 is 23.4 Å². The second-order valence-corrected chi connectivity index (χ2v) is 6.91. The molecule has 0 saturated carbocycles. The summed E-state index contributed by atoms with van der Waals surface area (Å²) in [4.78, 5) is 19.9. The van der Waals surface area contributed by atoms with E-state index in [-0.39, 0.29) is 30.6 Å². The van der Waals surface area contributed by atoms with Crippen LogP contribution in [0.2, 0.25) is 0 Å². The number of furan rings is 1. The molecule has 1 saturated heterocycles. The van der Waals surface area contributed by atoms with Crippen LogP contribution >= 0.6 is 0 Å². The van der Waals surface area contributed by atoms with Crippen LogP contribution in [0.1, 0.15) is 11.3 Å². The van der Waals surface area contributed by atoms with Gasteiger partial charge in [0.2, 0.25) is 11.6 Å². The van der Waals surface area contributed by atoms with E-state index < -0.39 is 30.0 Å². The van der Waals surface area contributed by atoms with E-state index in [2.05, 4.69) is 4.98 Å². The van der Waals surface area contributed by atoms with E-state index in [0.717, 1.165) is 6.07 Å². The first-order chi connectivity index (χ1) is 15.4. The number of oxazole rings is 1. The predicted octanol–water partition coefficient (Wildman–Crippen LogP) is 3.55. The largest absolute Gasteiger partial charge is 0.483 e. The van der Waals surface area contributed by atoms with E-state index in [1.807, 2.05) is 6.07 Å². The van der Waals surface area contributed by atoms with Crippen molar-refractivity contribution in [3.8, 4) is 23.5 Å². The molecule has 32 heavy (non-hydrogen) atoms. The molecule has 2 aromatic heterocycles. The van der Waals surface area contributed by atoms with Gasteiger partial charge in [0.15, 0.2) is 12.4 Å². The van der Waals surface area contributed by atoms with Gasteiger partial charge in [0.05, 0.1) is 11.8 Å². The second-order valence-electron chi connectivity index (χ2n) is 6.91. The van der Waals surface area contributed by atoms with Crippen LogP contribution < -0.4 is 9.64 Å². The summed E-state index contributed by atoms with van der Waals surface area (Å²) in [5, 5.41) is 9.37. The van der Waals surface area contributed by atoms with Crippen molar-refractivity contribution in [2.75, 3.05) is 37.7 Å². The van der Waals surface area contributed by atoms with Gasteiger partial charge in [-0.25, -0.2) is 0 Å². The average Bonchev–Trinajstić information content (AvgIpc) is 3.47. The standard InChI is InChI=1S/C21H17F3N4O4/c22-21(23,24)14-4-1-2-5-16(14)31-13-18(29)27-7-9-28(10-8-27)20-15(12-25)26-19(32-20)17-6-3-11-30-17/h1-6,11H,7-10,13H2. The van der Waals surface area contributed by atoms with Crippen LogP contribution in [0.25, 0.3) is 11.7 Å². The van der Waals surface area contributed by atoms with Crippen molar-refractivity contribution in [1.82, 2.24) is 9.88 Å². The molecule has 166 valence electrons. The van der Waals surface area contributed by atoms with Gasteiger partial charge in [-0.15, -0.1) is 0 Å². The lowest BCUT2D eigenvalue weighted by Gasteiger charge is -2.34. The van der Waals surface area contributed by atoms with Crippen LogP contribution in [0.4, 0.5) is 19.1 Å². The molecule has 1 aromatic carbocycles. The molecule has 0 atom stereocenters. The lowest BCUT2D eigenvalue weighted by molar-refractivity contribution is -0.141. The predicted molar refractivity (Wildman–Crippen MR) is 105 cm³/mol. The number of hydrogen-bond donors (Lipinski definition) is 0. The van der Waals surface area contributed by atoms with E-state index in [4.69, 9.17) is 13.6 Å². The summed E-state index contributed by atoms with van der Waals surface area (Å²) in [6.45, 7) is 0.760. The Hall–Kier alpha value is -3.94. The maximum Gasteiger partial charge on any atom is 0.419 e. The fraction of sp³-hybridized carbons (Fsp3) is 0.286. The molecule has 3 aromatic rings. The van der Waals surface area contributed by atoms with Crippen LogP contribution in [0.15, 0.2) is 51.5 Å². The summed E-state index contributed by atoms with van der Waals surface area (Å²) in [6.07, 6.45) is -3.11. The smallest absolute Gasteiger partial charge is 0.419 e. The Bertz CT molecular complexity index is 1130. The molecule has 1 fully saturated rings. The monoisotopic (exact) mass is 446 g/mol. The van der Waals surface area contributed by atoms with Crippen molar-refractivity contribution in [1.29, 1.82) is 5.26 Å². The first kappa shape index (κ1) is 21.3. The van der Waals surface area contributed by atoms with Crippen molar-refractivity contribution in [3.63, 3.8) is 0 Å². The van der Waals surface area contributed by atoms with Crippen molar-refractivity contribution in [2.45, 2.75) is 6.18 Å². The van der Waals surface area contributed by atoms with Crippen LogP contribution in [-0.4, -0.2) is 48.6 Å². The Labute approximate surface area is 180 Å². The minimum atomic E-state index is -4.57. The number of nitrogens with zero attached hydrogens (tertiary/aromatic N) is 4. The van der Waals surface area contributed by atoms with E-state index in [1.165, 1.54) is 29.4 Å². The quantitative estimate of drug-likeness (QED) is 0.591. The van der Waals surface area contributed by atoms with Crippen LogP contribution in [-0.2, 0) is 11.0 Å². The number of piperazine rings is 1. The molecule has 0 spiro atoms. The highest BCUT2D eigenvalue weighted by Gasteiger charge is 2.34. The van der Waals surface area contributed by atoms with Crippen LogP contribution in [0, 0.1) is 11.3 Å². The number of rotatable bonds is 5. The highest BCUT2D eigenvalue weighted by atomic mass is 19.4. The fourth-order valence-corrected chi connectivity index (χ4v) is 3.32. The molecule has 0 N–H and O–H groups in total. The zero-order valence-electron chi connectivity index (χ0n) is 16.6. The van der Waals surface area contributed by atoms with Crippen molar-refractivity contribution < 1.29 is 31.5 Å². The molecule has 0 aliphatic carbocycles. The lowest BCUT2D eigenvalue weighted by atomic mass is 10.2. The number of anilines is 1. The molecule has 11 heteroatoms. The first-order valence-electron chi connectivity index (χ1n) is 9.63. The molecule has 3 heterocycles. The molecule has 0 radical (unpaired) electrons. The molecule has 0 bridgehead atoms. The number of ether oxygens (including phenoxy) is 1. The van der Waals surface area contributed by atoms with Gasteiger partial charge in [0, 0.05) is 26.2 Å². The molecule has 4 rings (SSSR count). The summed E-state index contributed by atoms with van der Waals surface area (Å²) in [5.41, 5.74) is -0.831. The Morgan fingerprint density at radius 3 is 2.56 bits per heavy atom. The third-order valence-electron chi connectivity index (χ3n) is 4.91. The second kappa shape index (κ2) is 8.66. The van der Waals surface area contributed by atoms with E-state index in [0.29, 0.717) is 18.8 Å². The van der Waals surface area contributed by atoms with Crippen molar-refractivity contribution in [2.24, 2.45) is 0 Å². The van der Waals surface area contributed by atoms with Crippen molar-refractivity contribution in [3.05, 3.63) is 53.9 Å². The number of carbonyl (C=O) groups is 1. The Morgan fingerprint density at radius 1 is 1.16 bits per heavy atom. The topological polar surface area (TPSA) is 95.7 Å². The van der Waals surface area contributed by atoms with Gasteiger partial charge in [0.1, 0.15) is 11.8 Å². The molecule has 1 aliphatic rings. The third-order valence-corrected chi connectivity index (χ3v) is 4.91. The first-order valence-corrected chi connectivity index (χ1v) is 9.63. The third kappa shape index (κ3) is 4.39. The van der Waals surface area contributed by atoms with Gasteiger partial charge in [0.25, 0.3) is 11.8 Å². The highest BCUT2D eigenvalue weighted by Crippen LogP contribution is 2.36. The maximum atomic E-state index is 13.1. The number of halogens is 3. The number of alkyl halides is 3. The summed E-state index contributed by atoms with van der Waals surface area (Å²) < 4.78 is 55.3. The number of nitriles is 1. The SMILES string of the molecule is N#Cc1nc(-c2ccco2)oc1N1CCN(C(=O)COc2ccccc2C(F)(F)F)CC1. The van der Waals surface area contributed by atoms with Crippen molar-refractivity contribution >= 4 is 11.8 Å². The highest BCUT2D eigenvalue weighted by molar-refractivity contribution is 5.78. The Balaban J connectivity index is 1.37. The summed E-state index contributed by atoms with van der Waals surface area (Å²) in [7, 11) is 0. The fourth-order valence-electron chi connectivity index (χ4n) is 3.32. The molecule has 1 amide bonds. The maximum absolute atomic E-state index is 13.1. The number of benzene rings is 1. The molecule has 8 nitrogen and oxygen atoms in total. The lowest BCUT2D eigenvalue weighted by Crippen LogP contribution is -2.50. The van der Waals surface area contributed by atoms with E-state index in [9.17, 15) is 23.2 Å². The number of carbonyl (C=O) groups excluding carboxylic acids is 1. The molecule has 0 unspecified atom stereocenters. The number of para-hydroxylation sites is 1. The van der Waals surface area contributed by atoms with Gasteiger partial charge in [-0.3, -0.25) is 4.79 Å². The van der Waals surface area contributed by atoms with E-state index in [1.54, 1.807) is 17.0 Å². The Kier molecular flexibility index (Phi) is 5.77. The molecular weight excluding hydrogens is 429 g/mol.